The highest BCUT2D eigenvalue weighted by molar-refractivity contribution is 7.89. The van der Waals surface area contributed by atoms with Crippen LogP contribution in [0.4, 0.5) is 3.89 Å². The third kappa shape index (κ3) is 3.70. The van der Waals surface area contributed by atoms with E-state index in [1.807, 2.05) is 6.07 Å². The highest BCUT2D eigenvalue weighted by Gasteiger charge is 2.06. The molecule has 0 saturated carbocycles. The van der Waals surface area contributed by atoms with E-state index in [1.54, 1.807) is 0 Å². The topological polar surface area (TPSA) is 57.9 Å². The molecule has 0 aliphatic rings. The van der Waals surface area contributed by atoms with Crippen LogP contribution >= 0.6 is 11.6 Å². The van der Waals surface area contributed by atoms with Crippen LogP contribution in [-0.2, 0) is 10.2 Å². The summed E-state index contributed by atoms with van der Waals surface area (Å²) in [5.74, 6) is 0. The molecule has 0 heterocycles. The van der Waals surface area contributed by atoms with Crippen LogP contribution in [0.25, 0.3) is 5.03 Å². The SMILES string of the molecule is N#Cc1ccc(/C(Cl)=C\S(=O)(=O)F)cc1. The Balaban J connectivity index is 3.09. The average molecular weight is 246 g/mol. The maximum Gasteiger partial charge on any atom is 0.326 e. The van der Waals surface area contributed by atoms with Gasteiger partial charge in [0.15, 0.2) is 0 Å². The Labute approximate surface area is 91.6 Å². The van der Waals surface area contributed by atoms with Gasteiger partial charge in [-0.15, -0.1) is 3.89 Å². The second kappa shape index (κ2) is 4.43. The summed E-state index contributed by atoms with van der Waals surface area (Å²) in [5.41, 5.74) is 0.739. The Morgan fingerprint density at radius 2 is 1.93 bits per heavy atom. The number of nitriles is 1. The lowest BCUT2D eigenvalue weighted by Gasteiger charge is -1.97. The van der Waals surface area contributed by atoms with Crippen molar-refractivity contribution < 1.29 is 12.3 Å². The van der Waals surface area contributed by atoms with Gasteiger partial charge in [0.1, 0.15) is 0 Å². The van der Waals surface area contributed by atoms with Gasteiger partial charge in [0.05, 0.1) is 22.1 Å². The summed E-state index contributed by atoms with van der Waals surface area (Å²) in [6.45, 7) is 0. The Morgan fingerprint density at radius 1 is 1.40 bits per heavy atom. The fourth-order valence-corrected chi connectivity index (χ4v) is 1.72. The van der Waals surface area contributed by atoms with Gasteiger partial charge in [0, 0.05) is 0 Å². The van der Waals surface area contributed by atoms with Crippen LogP contribution in [0, 0.1) is 11.3 Å². The van der Waals surface area contributed by atoms with Crippen molar-refractivity contribution in [2.75, 3.05) is 0 Å². The quantitative estimate of drug-likeness (QED) is 0.752. The van der Waals surface area contributed by atoms with Crippen molar-refractivity contribution in [3.8, 4) is 6.07 Å². The van der Waals surface area contributed by atoms with Gasteiger partial charge < -0.3 is 0 Å². The minimum absolute atomic E-state index is 0.234. The first-order chi connectivity index (χ1) is 6.92. The zero-order chi connectivity index (χ0) is 11.5. The molecule has 0 bridgehead atoms. The molecular formula is C9H5ClFNO2S. The molecule has 0 saturated heterocycles. The monoisotopic (exact) mass is 245 g/mol. The number of rotatable bonds is 2. The molecule has 0 radical (unpaired) electrons. The van der Waals surface area contributed by atoms with Gasteiger partial charge in [-0.1, -0.05) is 23.7 Å². The number of halogens is 2. The van der Waals surface area contributed by atoms with Gasteiger partial charge in [0.25, 0.3) is 0 Å². The van der Waals surface area contributed by atoms with E-state index in [9.17, 15) is 12.3 Å². The van der Waals surface area contributed by atoms with Crippen LogP contribution in [0.3, 0.4) is 0 Å². The molecule has 0 N–H and O–H groups in total. The molecule has 6 heteroatoms. The molecule has 3 nitrogen and oxygen atoms in total. The first-order valence-electron chi connectivity index (χ1n) is 3.75. The molecule has 1 rings (SSSR count). The zero-order valence-corrected chi connectivity index (χ0v) is 8.89. The third-order valence-corrected chi connectivity index (χ3v) is 2.51. The maximum atomic E-state index is 12.2. The molecule has 0 unspecified atom stereocenters. The Kier molecular flexibility index (Phi) is 3.45. The predicted molar refractivity (Wildman–Crippen MR) is 55.0 cm³/mol. The minimum Gasteiger partial charge on any atom is -0.192 e. The van der Waals surface area contributed by atoms with Crippen LogP contribution in [-0.4, -0.2) is 8.42 Å². The van der Waals surface area contributed by atoms with Crippen molar-refractivity contribution in [2.45, 2.75) is 0 Å². The van der Waals surface area contributed by atoms with E-state index in [4.69, 9.17) is 16.9 Å². The van der Waals surface area contributed by atoms with Crippen molar-refractivity contribution in [1.82, 2.24) is 0 Å². The van der Waals surface area contributed by atoms with Crippen molar-refractivity contribution >= 4 is 26.9 Å². The average Bonchev–Trinajstić information content (AvgIpc) is 2.15. The number of hydrogen-bond acceptors (Lipinski definition) is 3. The van der Waals surface area contributed by atoms with Crippen molar-refractivity contribution in [3.63, 3.8) is 0 Å². The van der Waals surface area contributed by atoms with Gasteiger partial charge >= 0.3 is 10.2 Å². The smallest absolute Gasteiger partial charge is 0.192 e. The summed E-state index contributed by atoms with van der Waals surface area (Å²) in [4.78, 5) is 0. The highest BCUT2D eigenvalue weighted by atomic mass is 35.5. The van der Waals surface area contributed by atoms with Gasteiger partial charge in [-0.05, 0) is 17.7 Å². The lowest BCUT2D eigenvalue weighted by atomic mass is 10.1. The van der Waals surface area contributed by atoms with Crippen molar-refractivity contribution in [1.29, 1.82) is 5.26 Å². The lowest BCUT2D eigenvalue weighted by Crippen LogP contribution is -1.85. The van der Waals surface area contributed by atoms with Gasteiger partial charge in [-0.2, -0.15) is 13.7 Å². The predicted octanol–water partition coefficient (Wildman–Crippen LogP) is 2.39. The first kappa shape index (κ1) is 11.7. The lowest BCUT2D eigenvalue weighted by molar-refractivity contribution is 0.563. The number of benzene rings is 1. The second-order valence-electron chi connectivity index (χ2n) is 2.63. The maximum absolute atomic E-state index is 12.2. The molecule has 1 aromatic carbocycles. The molecule has 1 aromatic rings. The largest absolute Gasteiger partial charge is 0.326 e. The standard InChI is InChI=1S/C9H5ClFNO2S/c10-9(6-15(11,13)14)8-3-1-7(5-12)2-4-8/h1-4,6H/b9-6+. The van der Waals surface area contributed by atoms with Gasteiger partial charge in [0.2, 0.25) is 0 Å². The minimum atomic E-state index is -4.75. The van der Waals surface area contributed by atoms with E-state index in [0.717, 1.165) is 0 Å². The van der Waals surface area contributed by atoms with E-state index in [0.29, 0.717) is 16.5 Å². The molecule has 0 aliphatic carbocycles. The summed E-state index contributed by atoms with van der Waals surface area (Å²) >= 11 is 5.55. The molecule has 0 atom stereocenters. The molecule has 0 spiro atoms. The van der Waals surface area contributed by atoms with Crippen molar-refractivity contribution in [2.24, 2.45) is 0 Å². The Hall–Kier alpha value is -1.38. The van der Waals surface area contributed by atoms with Gasteiger partial charge in [-0.25, -0.2) is 0 Å². The fraction of sp³-hybridized carbons (Fsp3) is 0. The Bertz CT molecular complexity index is 528. The molecular weight excluding hydrogens is 241 g/mol. The highest BCUT2D eigenvalue weighted by Crippen LogP contribution is 2.20. The van der Waals surface area contributed by atoms with Crippen LogP contribution in [0.15, 0.2) is 29.7 Å². The summed E-state index contributed by atoms with van der Waals surface area (Å²) in [6.07, 6.45) is 0. The molecule has 15 heavy (non-hydrogen) atoms. The van der Waals surface area contributed by atoms with E-state index in [-0.39, 0.29) is 5.03 Å². The van der Waals surface area contributed by atoms with Crippen LogP contribution in [0.5, 0.6) is 0 Å². The summed E-state index contributed by atoms with van der Waals surface area (Å²) < 4.78 is 32.7. The van der Waals surface area contributed by atoms with E-state index < -0.39 is 10.2 Å². The second-order valence-corrected chi connectivity index (χ2v) is 4.22. The van der Waals surface area contributed by atoms with E-state index >= 15 is 0 Å². The van der Waals surface area contributed by atoms with Crippen LogP contribution < -0.4 is 0 Å². The zero-order valence-electron chi connectivity index (χ0n) is 7.31. The van der Waals surface area contributed by atoms with Crippen LogP contribution in [0.2, 0.25) is 0 Å². The molecule has 0 aromatic heterocycles. The number of nitrogens with zero attached hydrogens (tertiary/aromatic N) is 1. The Morgan fingerprint density at radius 3 is 2.33 bits per heavy atom. The van der Waals surface area contributed by atoms with E-state index in [1.165, 1.54) is 24.3 Å². The fourth-order valence-electron chi connectivity index (χ4n) is 0.896. The molecule has 0 fully saturated rings. The van der Waals surface area contributed by atoms with Gasteiger partial charge in [-0.3, -0.25) is 0 Å². The summed E-state index contributed by atoms with van der Waals surface area (Å²) in [7, 11) is -4.75. The molecule has 78 valence electrons. The third-order valence-electron chi connectivity index (χ3n) is 1.53. The van der Waals surface area contributed by atoms with Crippen molar-refractivity contribution in [3.05, 3.63) is 40.8 Å². The first-order valence-corrected chi connectivity index (χ1v) is 5.57. The molecule has 0 aliphatic heterocycles. The normalized spacial score (nSPS) is 12.2. The number of hydrogen-bond donors (Lipinski definition) is 0. The van der Waals surface area contributed by atoms with Crippen LogP contribution in [0.1, 0.15) is 11.1 Å². The van der Waals surface area contributed by atoms with E-state index in [2.05, 4.69) is 0 Å². The molecule has 0 amide bonds. The summed E-state index contributed by atoms with van der Waals surface area (Å²) in [6, 6.07) is 7.66. The summed E-state index contributed by atoms with van der Waals surface area (Å²) in [5, 5.41) is 8.58.